The molecule has 1 heterocycles. The van der Waals surface area contributed by atoms with Crippen LogP contribution in [0.2, 0.25) is 14.4 Å². The fourth-order valence-corrected chi connectivity index (χ4v) is 4.83. The summed E-state index contributed by atoms with van der Waals surface area (Å²) in [7, 11) is -2.54. The van der Waals surface area contributed by atoms with E-state index in [1.165, 1.54) is 37.4 Å². The quantitative estimate of drug-likeness (QED) is 0.549. The Morgan fingerprint density at radius 3 is 2.48 bits per heavy atom. The Labute approximate surface area is 152 Å². The minimum absolute atomic E-state index is 0.0438. The van der Waals surface area contributed by atoms with Gasteiger partial charge in [-0.1, -0.05) is 34.8 Å². The molecule has 0 aliphatic heterocycles. The van der Waals surface area contributed by atoms with Crippen molar-refractivity contribution >= 4 is 62.1 Å². The van der Waals surface area contributed by atoms with Crippen molar-refractivity contribution in [3.63, 3.8) is 0 Å². The largest absolute Gasteiger partial charge is 0.424 e. The van der Waals surface area contributed by atoms with Crippen LogP contribution >= 0.6 is 46.1 Å². The number of halogens is 3. The lowest BCUT2D eigenvalue weighted by Gasteiger charge is -2.15. The van der Waals surface area contributed by atoms with Crippen LogP contribution in [0.1, 0.15) is 0 Å². The van der Waals surface area contributed by atoms with Gasteiger partial charge in [-0.3, -0.25) is 4.79 Å². The molecular formula is C13H10Cl3NO4S2. The molecule has 0 radical (unpaired) electrons. The number of hydrogen-bond acceptors (Lipinski definition) is 5. The fourth-order valence-electron chi connectivity index (χ4n) is 1.57. The van der Waals surface area contributed by atoms with Crippen LogP contribution in [0.25, 0.3) is 0 Å². The average molecular weight is 415 g/mol. The second-order valence-electron chi connectivity index (χ2n) is 4.37. The van der Waals surface area contributed by atoms with Crippen molar-refractivity contribution < 1.29 is 17.9 Å². The number of carbonyl (C=O) groups is 1. The number of ether oxygens (including phenoxy) is 1. The van der Waals surface area contributed by atoms with Gasteiger partial charge in [0.1, 0.15) is 16.5 Å². The van der Waals surface area contributed by atoms with Gasteiger partial charge >= 0.3 is 5.97 Å². The van der Waals surface area contributed by atoms with E-state index >= 15 is 0 Å². The summed E-state index contributed by atoms with van der Waals surface area (Å²) in [6, 6.07) is 7.19. The molecule has 23 heavy (non-hydrogen) atoms. The van der Waals surface area contributed by atoms with E-state index < -0.39 is 22.5 Å². The summed E-state index contributed by atoms with van der Waals surface area (Å²) in [6.45, 7) is -0.475. The number of sulfonamides is 1. The first kappa shape index (κ1) is 18.5. The fraction of sp³-hybridized carbons (Fsp3) is 0.154. The second kappa shape index (κ2) is 7.38. The monoisotopic (exact) mass is 413 g/mol. The topological polar surface area (TPSA) is 63.7 Å². The lowest BCUT2D eigenvalue weighted by atomic mass is 10.3. The standard InChI is InChI=1S/C13H10Cl3NO4S2/c1-17(23(19,20)13-5-4-11(16)22-13)7-12(18)21-10-3-2-8(14)6-9(10)15/h2-6H,7H2,1H3. The first-order valence-electron chi connectivity index (χ1n) is 6.07. The normalized spacial score (nSPS) is 11.7. The van der Waals surface area contributed by atoms with E-state index in [1.54, 1.807) is 0 Å². The third kappa shape index (κ3) is 4.59. The third-order valence-electron chi connectivity index (χ3n) is 2.68. The molecule has 0 aliphatic rings. The number of esters is 1. The number of nitrogens with zero attached hydrogens (tertiary/aromatic N) is 1. The number of carbonyl (C=O) groups excluding carboxylic acids is 1. The van der Waals surface area contributed by atoms with E-state index in [1.807, 2.05) is 0 Å². The van der Waals surface area contributed by atoms with Gasteiger partial charge in [0.15, 0.2) is 0 Å². The van der Waals surface area contributed by atoms with Gasteiger partial charge in [-0.25, -0.2) is 8.42 Å². The highest BCUT2D eigenvalue weighted by Gasteiger charge is 2.25. The van der Waals surface area contributed by atoms with Crippen molar-refractivity contribution in [2.24, 2.45) is 0 Å². The zero-order valence-corrected chi connectivity index (χ0v) is 15.5. The van der Waals surface area contributed by atoms with E-state index in [4.69, 9.17) is 39.5 Å². The molecule has 1 aromatic carbocycles. The smallest absolute Gasteiger partial charge is 0.326 e. The van der Waals surface area contributed by atoms with Crippen LogP contribution in [0.15, 0.2) is 34.5 Å². The molecule has 0 spiro atoms. The van der Waals surface area contributed by atoms with Gasteiger partial charge in [0.2, 0.25) is 0 Å². The van der Waals surface area contributed by atoms with E-state index in [-0.39, 0.29) is 15.0 Å². The Kier molecular flexibility index (Phi) is 5.94. The number of thiophene rings is 1. The molecule has 0 bridgehead atoms. The van der Waals surface area contributed by atoms with Crippen molar-refractivity contribution in [3.05, 3.63) is 44.7 Å². The lowest BCUT2D eigenvalue weighted by Crippen LogP contribution is -2.33. The summed E-state index contributed by atoms with van der Waals surface area (Å²) >= 11 is 18.3. The Bertz CT molecular complexity index is 835. The summed E-state index contributed by atoms with van der Waals surface area (Å²) in [5, 5.41) is 0.547. The number of benzene rings is 1. The summed E-state index contributed by atoms with van der Waals surface area (Å²) in [5.74, 6) is -0.672. The average Bonchev–Trinajstić information content (AvgIpc) is 2.89. The molecule has 0 aliphatic carbocycles. The maximum absolute atomic E-state index is 12.3. The van der Waals surface area contributed by atoms with E-state index in [0.717, 1.165) is 15.6 Å². The van der Waals surface area contributed by atoms with E-state index in [0.29, 0.717) is 9.36 Å². The van der Waals surface area contributed by atoms with Crippen molar-refractivity contribution in [3.8, 4) is 5.75 Å². The molecule has 0 amide bonds. The molecule has 0 unspecified atom stereocenters. The van der Waals surface area contributed by atoms with Crippen molar-refractivity contribution in [2.45, 2.75) is 4.21 Å². The maximum Gasteiger partial charge on any atom is 0.326 e. The molecule has 0 fully saturated rings. The Hall–Kier alpha value is -0.830. The zero-order chi connectivity index (χ0) is 17.2. The van der Waals surface area contributed by atoms with Crippen LogP contribution in [0, 0.1) is 0 Å². The minimum Gasteiger partial charge on any atom is -0.424 e. The molecule has 5 nitrogen and oxygen atoms in total. The number of hydrogen-bond donors (Lipinski definition) is 0. The van der Waals surface area contributed by atoms with Crippen LogP contribution in [0.4, 0.5) is 0 Å². The first-order valence-corrected chi connectivity index (χ1v) is 9.46. The van der Waals surface area contributed by atoms with Gasteiger partial charge in [-0.2, -0.15) is 4.31 Å². The highest BCUT2D eigenvalue weighted by atomic mass is 35.5. The Morgan fingerprint density at radius 1 is 1.22 bits per heavy atom. The van der Waals surface area contributed by atoms with Gasteiger partial charge in [0, 0.05) is 12.1 Å². The predicted molar refractivity (Wildman–Crippen MR) is 91.2 cm³/mol. The highest BCUT2D eigenvalue weighted by Crippen LogP contribution is 2.29. The van der Waals surface area contributed by atoms with Gasteiger partial charge in [-0.15, -0.1) is 11.3 Å². The van der Waals surface area contributed by atoms with Crippen LogP contribution in [0.5, 0.6) is 5.75 Å². The highest BCUT2D eigenvalue weighted by molar-refractivity contribution is 7.91. The van der Waals surface area contributed by atoms with Gasteiger partial charge in [0.05, 0.1) is 9.36 Å². The van der Waals surface area contributed by atoms with E-state index in [9.17, 15) is 13.2 Å². The third-order valence-corrected chi connectivity index (χ3v) is 6.71. The van der Waals surface area contributed by atoms with Crippen LogP contribution < -0.4 is 4.74 Å². The molecule has 0 saturated heterocycles. The summed E-state index contributed by atoms with van der Waals surface area (Å²) in [5.41, 5.74) is 0. The summed E-state index contributed by atoms with van der Waals surface area (Å²) in [4.78, 5) is 11.9. The lowest BCUT2D eigenvalue weighted by molar-refractivity contribution is -0.134. The summed E-state index contributed by atoms with van der Waals surface area (Å²) < 4.78 is 30.9. The van der Waals surface area contributed by atoms with Crippen molar-refractivity contribution in [1.82, 2.24) is 4.31 Å². The molecule has 10 heteroatoms. The van der Waals surface area contributed by atoms with E-state index in [2.05, 4.69) is 0 Å². The van der Waals surface area contributed by atoms with Gasteiger partial charge in [-0.05, 0) is 30.3 Å². The molecule has 0 atom stereocenters. The maximum atomic E-state index is 12.3. The SMILES string of the molecule is CN(CC(=O)Oc1ccc(Cl)cc1Cl)S(=O)(=O)c1ccc(Cl)s1. The van der Waals surface area contributed by atoms with Gasteiger partial charge < -0.3 is 4.74 Å². The van der Waals surface area contributed by atoms with Crippen LogP contribution in [-0.2, 0) is 14.8 Å². The number of likely N-dealkylation sites (N-methyl/N-ethyl adjacent to an activating group) is 1. The number of rotatable bonds is 5. The molecule has 124 valence electrons. The van der Waals surface area contributed by atoms with Crippen LogP contribution in [-0.4, -0.2) is 32.3 Å². The molecule has 1 aromatic heterocycles. The minimum atomic E-state index is -3.81. The first-order chi connectivity index (χ1) is 10.7. The van der Waals surface area contributed by atoms with Crippen molar-refractivity contribution in [2.75, 3.05) is 13.6 Å². The Morgan fingerprint density at radius 2 is 1.91 bits per heavy atom. The molecule has 0 N–H and O–H groups in total. The second-order valence-corrected chi connectivity index (χ2v) is 9.20. The van der Waals surface area contributed by atoms with Gasteiger partial charge in [0.25, 0.3) is 10.0 Å². The molecular weight excluding hydrogens is 405 g/mol. The van der Waals surface area contributed by atoms with Crippen molar-refractivity contribution in [1.29, 1.82) is 0 Å². The Balaban J connectivity index is 2.07. The predicted octanol–water partition coefficient (Wildman–Crippen LogP) is 3.93. The van der Waals surface area contributed by atoms with Crippen LogP contribution in [0.3, 0.4) is 0 Å². The zero-order valence-electron chi connectivity index (χ0n) is 11.6. The molecule has 2 rings (SSSR count). The summed E-state index contributed by atoms with van der Waals surface area (Å²) in [6.07, 6.45) is 0. The molecule has 0 saturated carbocycles. The molecule has 2 aromatic rings.